The molecule has 0 bridgehead atoms. The lowest BCUT2D eigenvalue weighted by Gasteiger charge is -2.36. The van der Waals surface area contributed by atoms with E-state index in [2.05, 4.69) is 10.6 Å². The van der Waals surface area contributed by atoms with Crippen LogP contribution in [0.5, 0.6) is 0 Å². The largest absolute Gasteiger partial charge is 0.416 e. The summed E-state index contributed by atoms with van der Waals surface area (Å²) in [6.45, 7) is 1.77. The van der Waals surface area contributed by atoms with Gasteiger partial charge in [-0.3, -0.25) is 9.59 Å². The first-order valence-electron chi connectivity index (χ1n) is 11.5. The van der Waals surface area contributed by atoms with Gasteiger partial charge in [-0.2, -0.15) is 13.2 Å². The summed E-state index contributed by atoms with van der Waals surface area (Å²) in [6.07, 6.45) is -3.56. The number of anilines is 1. The van der Waals surface area contributed by atoms with Gasteiger partial charge in [0.25, 0.3) is 5.91 Å². The number of dihydropyridines is 1. The number of halogens is 3. The third-order valence-electron chi connectivity index (χ3n) is 6.62. The maximum atomic E-state index is 13.5. The Hall–Kier alpha value is -3.65. The quantitative estimate of drug-likeness (QED) is 0.409. The number of allylic oxidation sites excluding steroid dienone is 3. The number of benzene rings is 2. The second-order valence-corrected chi connectivity index (χ2v) is 9.96. The van der Waals surface area contributed by atoms with Crippen LogP contribution in [-0.4, -0.2) is 11.7 Å². The minimum Gasteiger partial charge on any atom is -0.362 e. The Morgan fingerprint density at radius 3 is 2.50 bits per heavy atom. The Balaban J connectivity index is 1.50. The van der Waals surface area contributed by atoms with Crippen molar-refractivity contribution in [2.45, 2.75) is 37.8 Å². The molecule has 5 rings (SSSR count). The molecule has 4 nitrogen and oxygen atoms in total. The van der Waals surface area contributed by atoms with E-state index in [0.29, 0.717) is 29.7 Å². The van der Waals surface area contributed by atoms with Crippen molar-refractivity contribution in [1.82, 2.24) is 5.32 Å². The van der Waals surface area contributed by atoms with Gasteiger partial charge in [-0.05, 0) is 54.5 Å². The van der Waals surface area contributed by atoms with E-state index >= 15 is 0 Å². The zero-order valence-corrected chi connectivity index (χ0v) is 20.2. The fourth-order valence-corrected chi connectivity index (χ4v) is 5.86. The van der Waals surface area contributed by atoms with E-state index in [9.17, 15) is 22.8 Å². The second kappa shape index (κ2) is 9.43. The number of Topliss-reactive ketones (excluding diaryl/α,β-unsaturated/α-hetero) is 1. The molecule has 1 aliphatic carbocycles. The second-order valence-electron chi connectivity index (χ2n) is 8.98. The third kappa shape index (κ3) is 4.60. The van der Waals surface area contributed by atoms with Gasteiger partial charge < -0.3 is 10.6 Å². The Morgan fingerprint density at radius 1 is 1.03 bits per heavy atom. The topological polar surface area (TPSA) is 58.2 Å². The Kier molecular flexibility index (Phi) is 6.30. The van der Waals surface area contributed by atoms with Crippen LogP contribution in [-0.2, 0) is 15.8 Å². The zero-order chi connectivity index (χ0) is 25.4. The summed E-state index contributed by atoms with van der Waals surface area (Å²) in [4.78, 5) is 27.9. The molecule has 0 saturated carbocycles. The van der Waals surface area contributed by atoms with Crippen LogP contribution in [0.2, 0.25) is 0 Å². The smallest absolute Gasteiger partial charge is 0.362 e. The van der Waals surface area contributed by atoms with Gasteiger partial charge in [0.1, 0.15) is 0 Å². The first kappa shape index (κ1) is 24.1. The number of hydrogen-bond acceptors (Lipinski definition) is 4. The molecule has 184 valence electrons. The minimum absolute atomic E-state index is 0.0298. The predicted octanol–water partition coefficient (Wildman–Crippen LogP) is 6.77. The summed E-state index contributed by atoms with van der Waals surface area (Å²) >= 11 is 1.44. The van der Waals surface area contributed by atoms with Crippen LogP contribution in [0.25, 0.3) is 0 Å². The van der Waals surface area contributed by atoms with Crippen molar-refractivity contribution in [3.63, 3.8) is 0 Å². The molecule has 36 heavy (non-hydrogen) atoms. The van der Waals surface area contributed by atoms with E-state index in [1.165, 1.54) is 23.5 Å². The lowest BCUT2D eigenvalue weighted by Crippen LogP contribution is -2.36. The van der Waals surface area contributed by atoms with Gasteiger partial charge in [0.05, 0.1) is 11.5 Å². The van der Waals surface area contributed by atoms with Gasteiger partial charge in [-0.1, -0.05) is 42.5 Å². The van der Waals surface area contributed by atoms with Crippen molar-refractivity contribution in [1.29, 1.82) is 0 Å². The number of thiophene rings is 1. The molecule has 2 atom stereocenters. The van der Waals surface area contributed by atoms with E-state index in [1.54, 1.807) is 6.92 Å². The lowest BCUT2D eigenvalue weighted by atomic mass is 9.73. The number of rotatable bonds is 4. The van der Waals surface area contributed by atoms with Crippen molar-refractivity contribution in [2.24, 2.45) is 0 Å². The molecule has 1 amide bonds. The molecule has 1 aliphatic heterocycles. The average Bonchev–Trinajstić information content (AvgIpc) is 3.38. The molecule has 0 saturated heterocycles. The highest BCUT2D eigenvalue weighted by Gasteiger charge is 2.41. The first-order valence-corrected chi connectivity index (χ1v) is 12.4. The molecule has 0 fully saturated rings. The van der Waals surface area contributed by atoms with E-state index in [1.807, 2.05) is 47.8 Å². The minimum atomic E-state index is -4.52. The summed E-state index contributed by atoms with van der Waals surface area (Å²) in [5, 5.41) is 7.80. The highest BCUT2D eigenvalue weighted by molar-refractivity contribution is 7.10. The monoisotopic (exact) mass is 508 g/mol. The van der Waals surface area contributed by atoms with Gasteiger partial charge in [0.2, 0.25) is 0 Å². The van der Waals surface area contributed by atoms with Crippen LogP contribution in [0.1, 0.15) is 47.6 Å². The molecule has 2 heterocycles. The standard InChI is InChI=1S/C28H23F3N2O2S/c1-16-24(27(35)33-20-10-5-9-19(15-20)28(29,30)31)26(23-11-6-12-36-23)25-21(32-16)13-18(14-22(25)34)17-7-3-2-4-8-17/h2-12,15,18,26,32H,13-14H2,1H3,(H,33,35). The van der Waals surface area contributed by atoms with E-state index in [-0.39, 0.29) is 17.4 Å². The molecule has 3 aromatic rings. The number of nitrogens with one attached hydrogen (secondary N) is 2. The number of carbonyl (C=O) groups excluding carboxylic acids is 2. The van der Waals surface area contributed by atoms with Gasteiger partial charge in [-0.15, -0.1) is 11.3 Å². The van der Waals surface area contributed by atoms with Gasteiger partial charge in [-0.25, -0.2) is 0 Å². The molecular weight excluding hydrogens is 485 g/mol. The molecule has 8 heteroatoms. The van der Waals surface area contributed by atoms with E-state index < -0.39 is 23.6 Å². The maximum Gasteiger partial charge on any atom is 0.416 e. The van der Waals surface area contributed by atoms with Crippen molar-refractivity contribution >= 4 is 28.7 Å². The van der Waals surface area contributed by atoms with Gasteiger partial charge in [0, 0.05) is 39.5 Å². The van der Waals surface area contributed by atoms with Crippen molar-refractivity contribution in [2.75, 3.05) is 5.32 Å². The zero-order valence-electron chi connectivity index (χ0n) is 19.4. The number of hydrogen-bond donors (Lipinski definition) is 2. The van der Waals surface area contributed by atoms with Crippen LogP contribution < -0.4 is 10.6 Å². The van der Waals surface area contributed by atoms with Crippen molar-refractivity contribution < 1.29 is 22.8 Å². The summed E-state index contributed by atoms with van der Waals surface area (Å²) < 4.78 is 39.5. The van der Waals surface area contributed by atoms with Crippen LogP contribution in [0, 0.1) is 0 Å². The third-order valence-corrected chi connectivity index (χ3v) is 7.56. The Bertz CT molecular complexity index is 1380. The fraction of sp³-hybridized carbons (Fsp3) is 0.214. The SMILES string of the molecule is CC1=C(C(=O)Nc2cccc(C(F)(F)F)c2)C(c2cccs2)C2=C(CC(c3ccccc3)CC2=O)N1. The number of carbonyl (C=O) groups is 2. The molecule has 0 radical (unpaired) electrons. The van der Waals surface area contributed by atoms with Crippen LogP contribution >= 0.6 is 11.3 Å². The maximum absolute atomic E-state index is 13.5. The normalized spacial score (nSPS) is 20.2. The molecule has 2 aromatic carbocycles. The summed E-state index contributed by atoms with van der Waals surface area (Å²) in [6, 6.07) is 18.1. The first-order chi connectivity index (χ1) is 17.2. The fourth-order valence-electron chi connectivity index (χ4n) is 5.01. The van der Waals surface area contributed by atoms with E-state index in [0.717, 1.165) is 28.3 Å². The van der Waals surface area contributed by atoms with Crippen molar-refractivity contribution in [3.05, 3.63) is 111 Å². The molecule has 0 spiro atoms. The summed E-state index contributed by atoms with van der Waals surface area (Å²) in [5.74, 6) is -1.13. The Morgan fingerprint density at radius 2 is 1.81 bits per heavy atom. The molecule has 2 aliphatic rings. The number of ketones is 1. The van der Waals surface area contributed by atoms with Gasteiger partial charge >= 0.3 is 6.18 Å². The van der Waals surface area contributed by atoms with Crippen LogP contribution in [0.15, 0.2) is 94.7 Å². The molecule has 1 aromatic heterocycles. The van der Waals surface area contributed by atoms with Crippen LogP contribution in [0.4, 0.5) is 18.9 Å². The summed E-state index contributed by atoms with van der Waals surface area (Å²) in [7, 11) is 0. The lowest BCUT2D eigenvalue weighted by molar-refractivity contribution is -0.137. The molecule has 2 unspecified atom stereocenters. The van der Waals surface area contributed by atoms with E-state index in [4.69, 9.17) is 0 Å². The highest BCUT2D eigenvalue weighted by Crippen LogP contribution is 2.46. The predicted molar refractivity (Wildman–Crippen MR) is 133 cm³/mol. The number of alkyl halides is 3. The molecule has 2 N–H and O–H groups in total. The van der Waals surface area contributed by atoms with Gasteiger partial charge in [0.15, 0.2) is 5.78 Å². The van der Waals surface area contributed by atoms with Crippen LogP contribution in [0.3, 0.4) is 0 Å². The van der Waals surface area contributed by atoms with Crippen molar-refractivity contribution in [3.8, 4) is 0 Å². The summed E-state index contributed by atoms with van der Waals surface area (Å²) in [5.41, 5.74) is 2.55. The Labute approximate surface area is 210 Å². The average molecular weight is 509 g/mol. The number of amides is 1. The highest BCUT2D eigenvalue weighted by atomic mass is 32.1. The molecular formula is C28H23F3N2O2S.